The fourth-order valence-electron chi connectivity index (χ4n) is 2.19. The fraction of sp³-hybridized carbons (Fsp3) is 0.615. The topological polar surface area (TPSA) is 67.2 Å². The van der Waals surface area contributed by atoms with Gasteiger partial charge in [0.1, 0.15) is 4.47 Å². The van der Waals surface area contributed by atoms with E-state index >= 15 is 0 Å². The smallest absolute Gasteiger partial charge is 0.283 e. The zero-order chi connectivity index (χ0) is 14.7. The second kappa shape index (κ2) is 6.39. The molecule has 1 fully saturated rings. The molecular weight excluding hydrogens is 324 g/mol. The molecule has 1 aliphatic heterocycles. The minimum absolute atomic E-state index is 0.000850. The van der Waals surface area contributed by atoms with Crippen LogP contribution in [-0.2, 0) is 4.79 Å². The van der Waals surface area contributed by atoms with Crippen molar-refractivity contribution in [3.05, 3.63) is 21.0 Å². The summed E-state index contributed by atoms with van der Waals surface area (Å²) < 4.78 is 1.81. The summed E-state index contributed by atoms with van der Waals surface area (Å²) in [5.74, 6) is 0.0578. The Kier molecular flexibility index (Phi) is 4.80. The maximum Gasteiger partial charge on any atom is 0.283 e. The molecule has 6 nitrogen and oxygen atoms in total. The molecule has 0 aliphatic carbocycles. The Balaban J connectivity index is 2.05. The van der Waals surface area contributed by atoms with Crippen molar-refractivity contribution in [2.24, 2.45) is 0 Å². The summed E-state index contributed by atoms with van der Waals surface area (Å²) in [6.45, 7) is 5.63. The Morgan fingerprint density at radius 3 is 2.70 bits per heavy atom. The van der Waals surface area contributed by atoms with Gasteiger partial charge in [0.25, 0.3) is 5.56 Å². The number of carbonyl (C=O) groups excluding carboxylic acids is 1. The first-order valence-corrected chi connectivity index (χ1v) is 7.59. The van der Waals surface area contributed by atoms with Gasteiger partial charge in [0.15, 0.2) is 0 Å². The number of carbonyl (C=O) groups is 1. The third-order valence-electron chi connectivity index (χ3n) is 3.32. The summed E-state index contributed by atoms with van der Waals surface area (Å²) in [6, 6.07) is -0.000850. The van der Waals surface area contributed by atoms with Crippen LogP contribution in [0.2, 0.25) is 0 Å². The first-order valence-electron chi connectivity index (χ1n) is 6.79. The second-order valence-corrected chi connectivity index (χ2v) is 5.95. The highest BCUT2D eigenvalue weighted by Gasteiger charge is 2.18. The molecule has 0 unspecified atom stereocenters. The number of nitrogens with one attached hydrogen (secondary N) is 1. The SMILES string of the molecule is CC(C)n1ncc(NCC(=O)N2CCCC2)c(Br)c1=O. The molecule has 1 amide bonds. The van der Waals surface area contributed by atoms with Gasteiger partial charge in [-0.05, 0) is 42.6 Å². The minimum atomic E-state index is -0.196. The molecule has 0 aromatic carbocycles. The largest absolute Gasteiger partial charge is 0.374 e. The third kappa shape index (κ3) is 3.20. The number of aromatic nitrogens is 2. The highest BCUT2D eigenvalue weighted by molar-refractivity contribution is 9.10. The van der Waals surface area contributed by atoms with Gasteiger partial charge in [-0.1, -0.05) is 0 Å². The Labute approximate surface area is 126 Å². The van der Waals surface area contributed by atoms with Crippen LogP contribution < -0.4 is 10.9 Å². The molecule has 7 heteroatoms. The number of nitrogens with zero attached hydrogens (tertiary/aromatic N) is 3. The van der Waals surface area contributed by atoms with E-state index in [-0.39, 0.29) is 24.1 Å². The van der Waals surface area contributed by atoms with Crippen molar-refractivity contribution >= 4 is 27.5 Å². The molecule has 0 radical (unpaired) electrons. The monoisotopic (exact) mass is 342 g/mol. The highest BCUT2D eigenvalue weighted by atomic mass is 79.9. The predicted octanol–water partition coefficient (Wildman–Crippen LogP) is 1.62. The van der Waals surface area contributed by atoms with E-state index in [0.717, 1.165) is 25.9 Å². The number of amides is 1. The van der Waals surface area contributed by atoms with Crippen LogP contribution in [0.1, 0.15) is 32.7 Å². The molecular formula is C13H19BrN4O2. The summed E-state index contributed by atoms with van der Waals surface area (Å²) in [6.07, 6.45) is 3.71. The molecule has 2 heterocycles. The Morgan fingerprint density at radius 1 is 1.45 bits per heavy atom. The van der Waals surface area contributed by atoms with E-state index in [9.17, 15) is 9.59 Å². The number of hydrogen-bond donors (Lipinski definition) is 1. The standard InChI is InChI=1S/C13H19BrN4O2/c1-9(2)18-13(20)12(14)10(7-16-18)15-8-11(19)17-5-3-4-6-17/h7,9,15H,3-6,8H2,1-2H3. The molecule has 110 valence electrons. The summed E-state index contributed by atoms with van der Waals surface area (Å²) in [4.78, 5) is 25.8. The van der Waals surface area contributed by atoms with E-state index in [4.69, 9.17) is 0 Å². The van der Waals surface area contributed by atoms with Gasteiger partial charge in [0.2, 0.25) is 5.91 Å². The molecule has 0 atom stereocenters. The van der Waals surface area contributed by atoms with E-state index in [2.05, 4.69) is 26.3 Å². The van der Waals surface area contributed by atoms with Gasteiger partial charge in [0.05, 0.1) is 24.5 Å². The quantitative estimate of drug-likeness (QED) is 0.902. The van der Waals surface area contributed by atoms with Crippen LogP contribution in [0, 0.1) is 0 Å². The van der Waals surface area contributed by atoms with Crippen molar-refractivity contribution in [3.8, 4) is 0 Å². The third-order valence-corrected chi connectivity index (χ3v) is 4.09. The van der Waals surface area contributed by atoms with E-state index in [1.165, 1.54) is 4.68 Å². The zero-order valence-corrected chi connectivity index (χ0v) is 13.3. The van der Waals surface area contributed by atoms with Crippen LogP contribution in [0.3, 0.4) is 0 Å². The molecule has 0 saturated carbocycles. The van der Waals surface area contributed by atoms with Gasteiger partial charge in [-0.25, -0.2) is 4.68 Å². The van der Waals surface area contributed by atoms with Crippen molar-refractivity contribution in [2.45, 2.75) is 32.7 Å². The minimum Gasteiger partial charge on any atom is -0.374 e. The molecule has 1 aromatic rings. The van der Waals surface area contributed by atoms with E-state index in [1.54, 1.807) is 6.20 Å². The first kappa shape index (κ1) is 15.0. The van der Waals surface area contributed by atoms with Gasteiger partial charge in [0, 0.05) is 13.1 Å². The first-order chi connectivity index (χ1) is 9.50. The number of likely N-dealkylation sites (tertiary alicyclic amines) is 1. The number of halogens is 1. The maximum absolute atomic E-state index is 12.1. The molecule has 2 rings (SSSR count). The van der Waals surface area contributed by atoms with Crippen LogP contribution in [0.15, 0.2) is 15.5 Å². The normalized spacial score (nSPS) is 14.9. The maximum atomic E-state index is 12.1. The fourth-order valence-corrected chi connectivity index (χ4v) is 2.61. The van der Waals surface area contributed by atoms with E-state index < -0.39 is 0 Å². The van der Waals surface area contributed by atoms with Gasteiger partial charge in [-0.15, -0.1) is 0 Å². The summed E-state index contributed by atoms with van der Waals surface area (Å²) >= 11 is 3.27. The van der Waals surface area contributed by atoms with Gasteiger partial charge in [-0.2, -0.15) is 5.10 Å². The lowest BCUT2D eigenvalue weighted by atomic mass is 10.4. The van der Waals surface area contributed by atoms with Crippen molar-refractivity contribution in [3.63, 3.8) is 0 Å². The van der Waals surface area contributed by atoms with Crippen LogP contribution in [-0.4, -0.2) is 40.2 Å². The van der Waals surface area contributed by atoms with Crippen LogP contribution >= 0.6 is 15.9 Å². The van der Waals surface area contributed by atoms with Crippen molar-refractivity contribution < 1.29 is 4.79 Å². The molecule has 0 spiro atoms. The van der Waals surface area contributed by atoms with E-state index in [1.807, 2.05) is 18.7 Å². The average Bonchev–Trinajstić information content (AvgIpc) is 2.93. The lowest BCUT2D eigenvalue weighted by molar-refractivity contribution is -0.128. The van der Waals surface area contributed by atoms with Gasteiger partial charge >= 0.3 is 0 Å². The average molecular weight is 343 g/mol. The zero-order valence-electron chi connectivity index (χ0n) is 11.7. The van der Waals surface area contributed by atoms with E-state index in [0.29, 0.717) is 10.2 Å². The number of rotatable bonds is 4. The van der Waals surface area contributed by atoms with Crippen molar-refractivity contribution in [1.82, 2.24) is 14.7 Å². The summed E-state index contributed by atoms with van der Waals surface area (Å²) in [7, 11) is 0. The Bertz CT molecular complexity index is 550. The lowest BCUT2D eigenvalue weighted by Crippen LogP contribution is -2.33. The molecule has 20 heavy (non-hydrogen) atoms. The molecule has 1 aliphatic rings. The predicted molar refractivity (Wildman–Crippen MR) is 80.9 cm³/mol. The molecule has 0 bridgehead atoms. The Morgan fingerprint density at radius 2 is 2.10 bits per heavy atom. The van der Waals surface area contributed by atoms with Gasteiger partial charge in [-0.3, -0.25) is 9.59 Å². The number of hydrogen-bond acceptors (Lipinski definition) is 4. The van der Waals surface area contributed by atoms with Crippen LogP contribution in [0.4, 0.5) is 5.69 Å². The molecule has 1 N–H and O–H groups in total. The van der Waals surface area contributed by atoms with Crippen LogP contribution in [0.5, 0.6) is 0 Å². The van der Waals surface area contributed by atoms with Crippen molar-refractivity contribution in [2.75, 3.05) is 25.0 Å². The Hall–Kier alpha value is -1.37. The lowest BCUT2D eigenvalue weighted by Gasteiger charge is -2.17. The van der Waals surface area contributed by atoms with Crippen LogP contribution in [0.25, 0.3) is 0 Å². The second-order valence-electron chi connectivity index (χ2n) is 5.16. The highest BCUT2D eigenvalue weighted by Crippen LogP contribution is 2.17. The summed E-state index contributed by atoms with van der Waals surface area (Å²) in [5.41, 5.74) is 0.359. The van der Waals surface area contributed by atoms with Gasteiger partial charge < -0.3 is 10.2 Å². The molecule has 1 saturated heterocycles. The molecule has 1 aromatic heterocycles. The summed E-state index contributed by atoms with van der Waals surface area (Å²) in [5, 5.41) is 7.08. The van der Waals surface area contributed by atoms with Crippen molar-refractivity contribution in [1.29, 1.82) is 0 Å². The number of anilines is 1.